The Labute approximate surface area is 132 Å². The predicted molar refractivity (Wildman–Crippen MR) is 82.9 cm³/mol. The highest BCUT2D eigenvalue weighted by Gasteiger charge is 2.29. The zero-order chi connectivity index (χ0) is 15.5. The molecule has 1 unspecified atom stereocenters. The molecule has 0 aromatic carbocycles. The molecular weight excluding hydrogens is 298 g/mol. The van der Waals surface area contributed by atoms with Crippen LogP contribution in [0.3, 0.4) is 0 Å². The van der Waals surface area contributed by atoms with Crippen molar-refractivity contribution in [2.24, 2.45) is 0 Å². The van der Waals surface area contributed by atoms with Gasteiger partial charge < -0.3 is 9.64 Å². The Balaban J connectivity index is 1.60. The maximum Gasteiger partial charge on any atom is 0.264 e. The summed E-state index contributed by atoms with van der Waals surface area (Å²) in [7, 11) is 0. The molecule has 5 nitrogen and oxygen atoms in total. The summed E-state index contributed by atoms with van der Waals surface area (Å²) in [6.07, 6.45) is 2.23. The smallest absolute Gasteiger partial charge is 0.264 e. The molecule has 1 amide bonds. The molecule has 112 valence electrons. The fraction of sp³-hybridized carbons (Fsp3) is 0.312. The molecule has 6 heteroatoms. The SMILES string of the molecule is Cc1csc(C(=O)N2CCC(Oc3ccc(C#N)cn3)C2)c1. The van der Waals surface area contributed by atoms with Crippen molar-refractivity contribution in [1.82, 2.24) is 9.88 Å². The van der Waals surface area contributed by atoms with Gasteiger partial charge in [-0.25, -0.2) is 4.98 Å². The fourth-order valence-electron chi connectivity index (χ4n) is 2.40. The van der Waals surface area contributed by atoms with Crippen LogP contribution in [0.4, 0.5) is 0 Å². The number of thiophene rings is 1. The number of hydrogen-bond donors (Lipinski definition) is 0. The molecule has 2 aromatic heterocycles. The van der Waals surface area contributed by atoms with Crippen molar-refractivity contribution >= 4 is 17.2 Å². The van der Waals surface area contributed by atoms with Gasteiger partial charge in [-0.1, -0.05) is 0 Å². The van der Waals surface area contributed by atoms with Gasteiger partial charge >= 0.3 is 0 Å². The normalized spacial score (nSPS) is 17.3. The highest BCUT2D eigenvalue weighted by Crippen LogP contribution is 2.21. The summed E-state index contributed by atoms with van der Waals surface area (Å²) in [5.41, 5.74) is 1.62. The second-order valence-electron chi connectivity index (χ2n) is 5.26. The van der Waals surface area contributed by atoms with Gasteiger partial charge in [0.1, 0.15) is 12.2 Å². The molecule has 1 fully saturated rings. The van der Waals surface area contributed by atoms with Gasteiger partial charge in [0.15, 0.2) is 0 Å². The lowest BCUT2D eigenvalue weighted by molar-refractivity contribution is 0.0776. The number of aryl methyl sites for hydroxylation is 1. The van der Waals surface area contributed by atoms with Crippen molar-refractivity contribution < 1.29 is 9.53 Å². The second kappa shape index (κ2) is 6.16. The summed E-state index contributed by atoms with van der Waals surface area (Å²) < 4.78 is 5.79. The van der Waals surface area contributed by atoms with Crippen LogP contribution >= 0.6 is 11.3 Å². The quantitative estimate of drug-likeness (QED) is 0.873. The molecule has 1 aliphatic heterocycles. The molecule has 1 saturated heterocycles. The van der Waals surface area contributed by atoms with Gasteiger partial charge in [0.2, 0.25) is 5.88 Å². The molecule has 0 bridgehead atoms. The number of carbonyl (C=O) groups excluding carboxylic acids is 1. The molecule has 1 atom stereocenters. The molecule has 0 aliphatic carbocycles. The van der Waals surface area contributed by atoms with Crippen molar-refractivity contribution in [1.29, 1.82) is 5.26 Å². The van der Waals surface area contributed by atoms with Gasteiger partial charge in [0.05, 0.1) is 17.0 Å². The first kappa shape index (κ1) is 14.5. The minimum Gasteiger partial charge on any atom is -0.472 e. The van der Waals surface area contributed by atoms with Crippen LogP contribution in [0.1, 0.15) is 27.2 Å². The second-order valence-corrected chi connectivity index (χ2v) is 6.18. The Morgan fingerprint density at radius 2 is 2.41 bits per heavy atom. The van der Waals surface area contributed by atoms with E-state index in [0.717, 1.165) is 16.9 Å². The minimum absolute atomic E-state index is 0.0505. The Hall–Kier alpha value is -2.39. The van der Waals surface area contributed by atoms with Crippen LogP contribution < -0.4 is 4.74 Å². The van der Waals surface area contributed by atoms with E-state index in [4.69, 9.17) is 10.00 Å². The van der Waals surface area contributed by atoms with Crippen LogP contribution in [0.25, 0.3) is 0 Å². The van der Waals surface area contributed by atoms with E-state index < -0.39 is 0 Å². The van der Waals surface area contributed by atoms with Gasteiger partial charge in [-0.2, -0.15) is 5.26 Å². The average Bonchev–Trinajstić information content (AvgIpc) is 3.16. The number of aromatic nitrogens is 1. The molecule has 0 N–H and O–H groups in total. The maximum absolute atomic E-state index is 12.4. The van der Waals surface area contributed by atoms with Crippen molar-refractivity contribution in [2.75, 3.05) is 13.1 Å². The van der Waals surface area contributed by atoms with E-state index in [9.17, 15) is 4.79 Å². The molecule has 3 heterocycles. The summed E-state index contributed by atoms with van der Waals surface area (Å²) in [5, 5.41) is 10.7. The first-order valence-corrected chi connectivity index (χ1v) is 7.91. The number of rotatable bonds is 3. The summed E-state index contributed by atoms with van der Waals surface area (Å²) in [5.74, 6) is 0.558. The number of nitrogens with zero attached hydrogens (tertiary/aromatic N) is 3. The standard InChI is InChI=1S/C16H15N3O2S/c1-11-6-14(22-10-11)16(20)19-5-4-13(9-19)21-15-3-2-12(7-17)8-18-15/h2-3,6,8,10,13H,4-5,9H2,1H3. The van der Waals surface area contributed by atoms with Crippen LogP contribution in [-0.4, -0.2) is 35.0 Å². The number of ether oxygens (including phenoxy) is 1. The first-order chi connectivity index (χ1) is 10.7. The van der Waals surface area contributed by atoms with E-state index in [1.165, 1.54) is 17.5 Å². The van der Waals surface area contributed by atoms with Crippen LogP contribution in [0.15, 0.2) is 29.8 Å². The van der Waals surface area contributed by atoms with E-state index in [1.807, 2.05) is 29.3 Å². The van der Waals surface area contributed by atoms with Crippen LogP contribution in [0.2, 0.25) is 0 Å². The van der Waals surface area contributed by atoms with E-state index in [1.54, 1.807) is 12.1 Å². The van der Waals surface area contributed by atoms with Gasteiger partial charge in [0, 0.05) is 25.2 Å². The third-order valence-electron chi connectivity index (χ3n) is 3.53. The van der Waals surface area contributed by atoms with Crippen molar-refractivity contribution in [2.45, 2.75) is 19.4 Å². The van der Waals surface area contributed by atoms with E-state index in [-0.39, 0.29) is 12.0 Å². The monoisotopic (exact) mass is 313 g/mol. The van der Waals surface area contributed by atoms with Gasteiger partial charge in [0.25, 0.3) is 5.91 Å². The van der Waals surface area contributed by atoms with Crippen molar-refractivity contribution in [3.8, 4) is 11.9 Å². The third-order valence-corrected chi connectivity index (χ3v) is 4.56. The molecule has 0 radical (unpaired) electrons. The Morgan fingerprint density at radius 1 is 1.55 bits per heavy atom. The first-order valence-electron chi connectivity index (χ1n) is 7.03. The number of hydrogen-bond acceptors (Lipinski definition) is 5. The molecular formula is C16H15N3O2S. The number of carbonyl (C=O) groups is 1. The topological polar surface area (TPSA) is 66.2 Å². The predicted octanol–water partition coefficient (Wildman–Crippen LogP) is 2.62. The number of amides is 1. The lowest BCUT2D eigenvalue weighted by Gasteiger charge is -2.16. The minimum atomic E-state index is -0.0505. The zero-order valence-electron chi connectivity index (χ0n) is 12.2. The molecule has 22 heavy (non-hydrogen) atoms. The zero-order valence-corrected chi connectivity index (χ0v) is 13.0. The van der Waals surface area contributed by atoms with Gasteiger partial charge in [-0.3, -0.25) is 4.79 Å². The largest absolute Gasteiger partial charge is 0.472 e. The Kier molecular flexibility index (Phi) is 4.07. The number of pyridine rings is 1. The summed E-state index contributed by atoms with van der Waals surface area (Å²) >= 11 is 1.48. The van der Waals surface area contributed by atoms with E-state index in [0.29, 0.717) is 24.5 Å². The van der Waals surface area contributed by atoms with E-state index in [2.05, 4.69) is 4.98 Å². The molecule has 0 saturated carbocycles. The van der Waals surface area contributed by atoms with Gasteiger partial charge in [-0.15, -0.1) is 11.3 Å². The van der Waals surface area contributed by atoms with Crippen LogP contribution in [0, 0.1) is 18.3 Å². The van der Waals surface area contributed by atoms with Crippen molar-refractivity contribution in [3.63, 3.8) is 0 Å². The third kappa shape index (κ3) is 3.10. The Morgan fingerprint density at radius 3 is 3.05 bits per heavy atom. The summed E-state index contributed by atoms with van der Waals surface area (Å²) in [6, 6.07) is 7.30. The Bertz CT molecular complexity index is 718. The van der Waals surface area contributed by atoms with Crippen molar-refractivity contribution in [3.05, 3.63) is 45.8 Å². The maximum atomic E-state index is 12.4. The molecule has 2 aromatic rings. The average molecular weight is 313 g/mol. The van der Waals surface area contributed by atoms with Crippen LogP contribution in [0.5, 0.6) is 5.88 Å². The highest BCUT2D eigenvalue weighted by molar-refractivity contribution is 7.12. The summed E-state index contributed by atoms with van der Waals surface area (Å²) in [6.45, 7) is 3.24. The summed E-state index contributed by atoms with van der Waals surface area (Å²) in [4.78, 5) is 19.1. The van der Waals surface area contributed by atoms with Gasteiger partial charge in [-0.05, 0) is 30.0 Å². The lowest BCUT2D eigenvalue weighted by atomic mass is 10.3. The lowest BCUT2D eigenvalue weighted by Crippen LogP contribution is -2.30. The number of nitriles is 1. The molecule has 1 aliphatic rings. The molecule has 3 rings (SSSR count). The highest BCUT2D eigenvalue weighted by atomic mass is 32.1. The number of likely N-dealkylation sites (tertiary alicyclic amines) is 1. The molecule has 0 spiro atoms. The van der Waals surface area contributed by atoms with E-state index >= 15 is 0 Å². The van der Waals surface area contributed by atoms with Crippen LogP contribution in [-0.2, 0) is 0 Å². The fourth-order valence-corrected chi connectivity index (χ4v) is 3.26.